The van der Waals surface area contributed by atoms with Crippen molar-refractivity contribution in [1.82, 2.24) is 4.90 Å². The number of ether oxygens (including phenoxy) is 1. The first-order valence-corrected chi connectivity index (χ1v) is 5.76. The lowest BCUT2D eigenvalue weighted by Crippen LogP contribution is -2.41. The van der Waals surface area contributed by atoms with Crippen molar-refractivity contribution in [2.75, 3.05) is 20.7 Å². The molecule has 6 heteroatoms. The Morgan fingerprint density at radius 1 is 1.69 bits per heavy atom. The molecule has 1 heterocycles. The number of rotatable bonds is 3. The number of aromatic nitrogens is 1. The molecule has 0 bridgehead atoms. The third-order valence-electron chi connectivity index (χ3n) is 1.63. The van der Waals surface area contributed by atoms with Gasteiger partial charge in [0.1, 0.15) is 6.20 Å². The molecule has 0 aliphatic heterocycles. The quantitative estimate of drug-likeness (QED) is 0.459. The Morgan fingerprint density at radius 2 is 2.38 bits per heavy atom. The van der Waals surface area contributed by atoms with Gasteiger partial charge in [0, 0.05) is 19.0 Å². The maximum Gasteiger partial charge on any atom is 0.512 e. The van der Waals surface area contributed by atoms with Gasteiger partial charge in [-0.3, -0.25) is 0 Å². The number of thiazole rings is 1. The van der Waals surface area contributed by atoms with Crippen LogP contribution in [-0.2, 0) is 4.74 Å². The predicted octanol–water partition coefficient (Wildman–Crippen LogP) is 1.57. The second-order valence-corrected chi connectivity index (χ2v) is 4.61. The largest absolute Gasteiger partial charge is 0.512 e. The van der Waals surface area contributed by atoms with Gasteiger partial charge in [0.05, 0.1) is 6.61 Å². The Bertz CT molecular complexity index is 399. The van der Waals surface area contributed by atoms with Crippen molar-refractivity contribution in [3.63, 3.8) is 0 Å². The molecule has 0 unspecified atom stereocenters. The van der Waals surface area contributed by atoms with E-state index in [2.05, 4.69) is 4.99 Å². The van der Waals surface area contributed by atoms with Crippen LogP contribution in [-0.4, -0.2) is 38.0 Å². The van der Waals surface area contributed by atoms with Gasteiger partial charge in [-0.25, -0.2) is 0 Å². The highest BCUT2D eigenvalue weighted by Gasteiger charge is 2.21. The lowest BCUT2D eigenvalue weighted by molar-refractivity contribution is -0.568. The zero-order valence-corrected chi connectivity index (χ0v) is 10.7. The summed E-state index contributed by atoms with van der Waals surface area (Å²) in [7, 11) is 3.75. The van der Waals surface area contributed by atoms with E-state index in [4.69, 9.17) is 4.74 Å². The molecule has 0 amide bonds. The van der Waals surface area contributed by atoms with E-state index in [1.807, 2.05) is 25.9 Å². The number of carbonyl (C=O) groups is 1. The van der Waals surface area contributed by atoms with Gasteiger partial charge >= 0.3 is 11.2 Å². The van der Waals surface area contributed by atoms with Crippen LogP contribution in [0.15, 0.2) is 11.2 Å². The van der Waals surface area contributed by atoms with Crippen LogP contribution in [0.2, 0.25) is 0 Å². The molecule has 0 atom stereocenters. The highest BCUT2D eigenvalue weighted by atomic mass is 32.1. The van der Waals surface area contributed by atoms with Crippen molar-refractivity contribution in [1.29, 1.82) is 0 Å². The maximum absolute atomic E-state index is 11.6. The average Bonchev–Trinajstić information content (AvgIpc) is 2.57. The minimum absolute atomic E-state index is 0.359. The van der Waals surface area contributed by atoms with Gasteiger partial charge in [-0.15, -0.1) is 4.57 Å². The predicted molar refractivity (Wildman–Crippen MR) is 63.5 cm³/mol. The van der Waals surface area contributed by atoms with Gasteiger partial charge in [0.15, 0.2) is 0 Å². The van der Waals surface area contributed by atoms with Crippen molar-refractivity contribution in [2.24, 2.45) is 4.99 Å². The Morgan fingerprint density at radius 3 is 2.94 bits per heavy atom. The zero-order chi connectivity index (χ0) is 12.1. The van der Waals surface area contributed by atoms with Gasteiger partial charge in [-0.2, -0.15) is 4.79 Å². The third-order valence-corrected chi connectivity index (χ3v) is 2.54. The fourth-order valence-corrected chi connectivity index (χ4v) is 1.81. The molecule has 0 aliphatic rings. The third kappa shape index (κ3) is 3.30. The molecule has 1 aromatic rings. The molecule has 0 radical (unpaired) electrons. The summed E-state index contributed by atoms with van der Waals surface area (Å²) in [5.74, 6) is 0. The van der Waals surface area contributed by atoms with Crippen molar-refractivity contribution in [2.45, 2.75) is 13.8 Å². The maximum atomic E-state index is 11.6. The van der Waals surface area contributed by atoms with Crippen molar-refractivity contribution < 1.29 is 14.1 Å². The second-order valence-electron chi connectivity index (χ2n) is 3.40. The van der Waals surface area contributed by atoms with Crippen LogP contribution in [0, 0.1) is 6.92 Å². The van der Waals surface area contributed by atoms with Crippen LogP contribution < -0.4 is 4.57 Å². The number of aryl methyl sites for hydroxylation is 1. The topological polar surface area (TPSA) is 45.8 Å². The normalized spacial score (nSPS) is 10.8. The van der Waals surface area contributed by atoms with Crippen molar-refractivity contribution >= 4 is 28.9 Å². The molecule has 0 saturated heterocycles. The molecule has 5 nitrogen and oxygen atoms in total. The van der Waals surface area contributed by atoms with Crippen LogP contribution in [0.25, 0.3) is 0 Å². The first-order valence-electron chi connectivity index (χ1n) is 4.94. The average molecular weight is 242 g/mol. The zero-order valence-electron chi connectivity index (χ0n) is 9.93. The molecule has 16 heavy (non-hydrogen) atoms. The van der Waals surface area contributed by atoms with Gasteiger partial charge in [0.2, 0.25) is 6.34 Å². The summed E-state index contributed by atoms with van der Waals surface area (Å²) < 4.78 is 6.35. The van der Waals surface area contributed by atoms with Crippen LogP contribution in [0.3, 0.4) is 0 Å². The van der Waals surface area contributed by atoms with E-state index >= 15 is 0 Å². The van der Waals surface area contributed by atoms with E-state index in [-0.39, 0.29) is 0 Å². The van der Waals surface area contributed by atoms with Crippen LogP contribution in [0.1, 0.15) is 11.8 Å². The Balaban J connectivity index is 2.95. The molecule has 0 fully saturated rings. The van der Waals surface area contributed by atoms with Crippen LogP contribution in [0.5, 0.6) is 0 Å². The van der Waals surface area contributed by atoms with E-state index in [0.717, 1.165) is 4.88 Å². The fourth-order valence-electron chi connectivity index (χ4n) is 1.03. The van der Waals surface area contributed by atoms with Gasteiger partial charge in [-0.05, 0) is 30.2 Å². The van der Waals surface area contributed by atoms with Gasteiger partial charge in [-0.1, -0.05) is 0 Å². The van der Waals surface area contributed by atoms with Crippen LogP contribution in [0.4, 0.5) is 9.93 Å². The number of carbonyl (C=O) groups excluding carboxylic acids is 1. The number of nitrogens with zero attached hydrogens (tertiary/aromatic N) is 3. The Labute approximate surface area is 99.0 Å². The highest BCUT2D eigenvalue weighted by Crippen LogP contribution is 2.18. The molecule has 0 aromatic carbocycles. The lowest BCUT2D eigenvalue weighted by atomic mass is 10.6. The summed E-state index contributed by atoms with van der Waals surface area (Å²) in [4.78, 5) is 18.6. The monoisotopic (exact) mass is 242 g/mol. The summed E-state index contributed by atoms with van der Waals surface area (Å²) in [5, 5.41) is 0.615. The minimum Gasteiger partial charge on any atom is -0.431 e. The molecule has 0 saturated carbocycles. The molecular formula is C10H16N3O2S+. The summed E-state index contributed by atoms with van der Waals surface area (Å²) in [6.45, 7) is 4.06. The van der Waals surface area contributed by atoms with E-state index in [1.165, 1.54) is 15.9 Å². The summed E-state index contributed by atoms with van der Waals surface area (Å²) in [6, 6.07) is 0. The van der Waals surface area contributed by atoms with Crippen LogP contribution >= 0.6 is 11.3 Å². The number of aliphatic imine (C=N–C) groups is 1. The smallest absolute Gasteiger partial charge is 0.431 e. The summed E-state index contributed by atoms with van der Waals surface area (Å²) >= 11 is 1.45. The number of hydrogen-bond donors (Lipinski definition) is 0. The first kappa shape index (κ1) is 12.6. The summed E-state index contributed by atoms with van der Waals surface area (Å²) in [6.07, 6.45) is 2.99. The van der Waals surface area contributed by atoms with Gasteiger partial charge in [0.25, 0.3) is 0 Å². The molecule has 0 spiro atoms. The minimum atomic E-state index is -0.391. The number of hydrogen-bond acceptors (Lipinski definition) is 4. The molecular weight excluding hydrogens is 226 g/mol. The van der Waals surface area contributed by atoms with E-state index in [9.17, 15) is 4.79 Å². The first-order chi connectivity index (χ1) is 7.54. The van der Waals surface area contributed by atoms with Crippen molar-refractivity contribution in [3.05, 3.63) is 11.1 Å². The SMILES string of the molecule is CCOC(=O)[n+]1cc(C)sc1N=CN(C)C. The Kier molecular flexibility index (Phi) is 4.42. The highest BCUT2D eigenvalue weighted by molar-refractivity contribution is 7.14. The van der Waals surface area contributed by atoms with E-state index in [1.54, 1.807) is 19.5 Å². The molecule has 1 aromatic heterocycles. The molecule has 88 valence electrons. The van der Waals surface area contributed by atoms with E-state index in [0.29, 0.717) is 11.7 Å². The fraction of sp³-hybridized carbons (Fsp3) is 0.500. The van der Waals surface area contributed by atoms with Gasteiger partial charge < -0.3 is 9.64 Å². The summed E-state index contributed by atoms with van der Waals surface area (Å²) in [5.41, 5.74) is 0. The second kappa shape index (κ2) is 5.60. The lowest BCUT2D eigenvalue weighted by Gasteiger charge is -1.97. The molecule has 0 N–H and O–H groups in total. The molecule has 1 rings (SSSR count). The molecule has 0 aliphatic carbocycles. The Hall–Kier alpha value is -1.43. The van der Waals surface area contributed by atoms with Crippen molar-refractivity contribution in [3.8, 4) is 0 Å². The standard InChI is InChI=1S/C10H16N3O2S/c1-5-15-10(14)13-6-8(2)16-9(13)11-7-12(3)4/h6-7H,5H2,1-4H3/q+1. The van der Waals surface area contributed by atoms with E-state index < -0.39 is 6.09 Å².